The Bertz CT molecular complexity index is 673. The van der Waals surface area contributed by atoms with Crippen molar-refractivity contribution in [3.63, 3.8) is 0 Å². The van der Waals surface area contributed by atoms with Crippen LogP contribution >= 0.6 is 0 Å². The molecule has 3 N–H and O–H groups in total. The Morgan fingerprint density at radius 2 is 1.44 bits per heavy atom. The molecule has 0 amide bonds. The van der Waals surface area contributed by atoms with Crippen LogP contribution < -0.4 is 0 Å². The largest absolute Gasteiger partial charge is 0.478 e. The lowest BCUT2D eigenvalue weighted by Crippen LogP contribution is -2.14. The van der Waals surface area contributed by atoms with Gasteiger partial charge in [-0.05, 0) is 25.8 Å². The van der Waals surface area contributed by atoms with E-state index in [0.29, 0.717) is 6.42 Å². The van der Waals surface area contributed by atoms with Gasteiger partial charge in [-0.2, -0.15) is 0 Å². The molecule has 1 aromatic carbocycles. The molecule has 1 unspecified atom stereocenters. The van der Waals surface area contributed by atoms with Crippen molar-refractivity contribution < 1.29 is 29.7 Å². The van der Waals surface area contributed by atoms with Crippen LogP contribution in [-0.4, -0.2) is 33.2 Å². The highest BCUT2D eigenvalue weighted by molar-refractivity contribution is 5.89. The van der Waals surface area contributed by atoms with E-state index in [1.54, 1.807) is 0 Å². The van der Waals surface area contributed by atoms with Crippen molar-refractivity contribution in [2.45, 2.75) is 20.3 Å². The predicted octanol–water partition coefficient (Wildman–Crippen LogP) is 3.16. The summed E-state index contributed by atoms with van der Waals surface area (Å²) in [5.74, 6) is -3.64. The molecule has 0 aliphatic heterocycles. The van der Waals surface area contributed by atoms with E-state index < -0.39 is 23.8 Å². The van der Waals surface area contributed by atoms with Gasteiger partial charge in [0.2, 0.25) is 0 Å². The second kappa shape index (κ2) is 10.6. The van der Waals surface area contributed by atoms with Crippen LogP contribution in [0.25, 0.3) is 0 Å². The van der Waals surface area contributed by atoms with Gasteiger partial charge >= 0.3 is 17.9 Å². The van der Waals surface area contributed by atoms with E-state index in [1.165, 1.54) is 19.9 Å². The fourth-order valence-corrected chi connectivity index (χ4v) is 1.68. The summed E-state index contributed by atoms with van der Waals surface area (Å²) in [6.45, 7) is 9.57. The average Bonchev–Trinajstić information content (AvgIpc) is 2.54. The summed E-state index contributed by atoms with van der Waals surface area (Å²) in [5, 5.41) is 25.8. The van der Waals surface area contributed by atoms with Crippen molar-refractivity contribution in [2.24, 2.45) is 5.92 Å². The van der Waals surface area contributed by atoms with Gasteiger partial charge < -0.3 is 15.3 Å². The van der Waals surface area contributed by atoms with Gasteiger partial charge in [0.15, 0.2) is 0 Å². The molecule has 6 heteroatoms. The van der Waals surface area contributed by atoms with E-state index in [0.717, 1.165) is 5.56 Å². The van der Waals surface area contributed by atoms with E-state index in [4.69, 9.17) is 15.3 Å². The van der Waals surface area contributed by atoms with Gasteiger partial charge in [0.1, 0.15) is 0 Å². The number of allylic oxidation sites excluding steroid dienone is 1. The third kappa shape index (κ3) is 8.90. The zero-order chi connectivity index (χ0) is 19.6. The Hall–Kier alpha value is -3.15. The van der Waals surface area contributed by atoms with Gasteiger partial charge in [0, 0.05) is 22.6 Å². The number of benzene rings is 1. The summed E-state index contributed by atoms with van der Waals surface area (Å²) >= 11 is 0. The molecule has 0 spiro atoms. The van der Waals surface area contributed by atoms with E-state index in [2.05, 4.69) is 13.2 Å². The third-order valence-corrected chi connectivity index (χ3v) is 3.17. The van der Waals surface area contributed by atoms with Crippen molar-refractivity contribution in [3.8, 4) is 0 Å². The van der Waals surface area contributed by atoms with Crippen LogP contribution in [0, 0.1) is 5.92 Å². The zero-order valence-electron chi connectivity index (χ0n) is 14.2. The number of aliphatic carboxylic acids is 3. The van der Waals surface area contributed by atoms with E-state index in [-0.39, 0.29) is 16.7 Å². The predicted molar refractivity (Wildman–Crippen MR) is 94.3 cm³/mol. The number of carbonyl (C=O) groups is 3. The second-order valence-corrected chi connectivity index (χ2v) is 5.37. The maximum atomic E-state index is 11.0. The van der Waals surface area contributed by atoms with Gasteiger partial charge in [-0.3, -0.25) is 0 Å². The Labute approximate surface area is 146 Å². The highest BCUT2D eigenvalue weighted by Crippen LogP contribution is 2.19. The molecule has 6 nitrogen and oxygen atoms in total. The maximum Gasteiger partial charge on any atom is 0.331 e. The van der Waals surface area contributed by atoms with Crippen LogP contribution in [0.15, 0.2) is 66.3 Å². The van der Waals surface area contributed by atoms with Gasteiger partial charge in [-0.15, -0.1) is 0 Å². The van der Waals surface area contributed by atoms with Crippen molar-refractivity contribution in [1.29, 1.82) is 0 Å². The van der Waals surface area contributed by atoms with Gasteiger partial charge in [-0.25, -0.2) is 14.4 Å². The third-order valence-electron chi connectivity index (χ3n) is 3.17. The SMILES string of the molecule is C=C(C(=O)O)C(C=C(C)C(=O)O)Cc1ccccc1.C=C(C)C(=O)O. The lowest BCUT2D eigenvalue weighted by Gasteiger charge is -2.13. The molecule has 0 aliphatic carbocycles. The summed E-state index contributed by atoms with van der Waals surface area (Å²) in [6, 6.07) is 9.30. The fourth-order valence-electron chi connectivity index (χ4n) is 1.68. The molecule has 0 fully saturated rings. The topological polar surface area (TPSA) is 112 Å². The quantitative estimate of drug-likeness (QED) is 0.654. The van der Waals surface area contributed by atoms with Gasteiger partial charge in [-0.1, -0.05) is 49.6 Å². The van der Waals surface area contributed by atoms with E-state index >= 15 is 0 Å². The Morgan fingerprint density at radius 3 is 1.80 bits per heavy atom. The number of hydrogen-bond donors (Lipinski definition) is 3. The van der Waals surface area contributed by atoms with Crippen LogP contribution in [0.3, 0.4) is 0 Å². The van der Waals surface area contributed by atoms with Crippen LogP contribution in [0.5, 0.6) is 0 Å². The Balaban J connectivity index is 0.000000823. The molecule has 0 aromatic heterocycles. The van der Waals surface area contributed by atoms with Crippen LogP contribution in [0.1, 0.15) is 19.4 Å². The molecule has 0 saturated heterocycles. The minimum Gasteiger partial charge on any atom is -0.478 e. The lowest BCUT2D eigenvalue weighted by atomic mass is 9.91. The van der Waals surface area contributed by atoms with Gasteiger partial charge in [0.25, 0.3) is 0 Å². The molecule has 1 atom stereocenters. The number of hydrogen-bond acceptors (Lipinski definition) is 3. The normalized spacial score (nSPS) is 11.5. The fraction of sp³-hybridized carbons (Fsp3) is 0.211. The van der Waals surface area contributed by atoms with Crippen molar-refractivity contribution in [3.05, 3.63) is 71.8 Å². The monoisotopic (exact) mass is 346 g/mol. The van der Waals surface area contributed by atoms with E-state index in [1.807, 2.05) is 30.3 Å². The lowest BCUT2D eigenvalue weighted by molar-refractivity contribution is -0.134. The number of carboxylic acids is 3. The van der Waals surface area contributed by atoms with Crippen LogP contribution in [0.4, 0.5) is 0 Å². The molecule has 0 bridgehead atoms. The van der Waals surface area contributed by atoms with Crippen LogP contribution in [-0.2, 0) is 20.8 Å². The number of rotatable bonds is 7. The minimum absolute atomic E-state index is 0.00977. The van der Waals surface area contributed by atoms with Gasteiger partial charge in [0.05, 0.1) is 0 Å². The van der Waals surface area contributed by atoms with Crippen molar-refractivity contribution in [1.82, 2.24) is 0 Å². The number of carboxylic acid groups (broad SMARTS) is 3. The van der Waals surface area contributed by atoms with Crippen LogP contribution in [0.2, 0.25) is 0 Å². The highest BCUT2D eigenvalue weighted by atomic mass is 16.4. The van der Waals surface area contributed by atoms with Crippen molar-refractivity contribution in [2.75, 3.05) is 0 Å². The smallest absolute Gasteiger partial charge is 0.331 e. The average molecular weight is 346 g/mol. The first-order valence-corrected chi connectivity index (χ1v) is 7.32. The summed E-state index contributed by atoms with van der Waals surface area (Å²) in [4.78, 5) is 31.4. The first kappa shape index (κ1) is 21.9. The Morgan fingerprint density at radius 1 is 0.960 bits per heavy atom. The molecule has 1 rings (SSSR count). The molecular formula is C19H22O6. The molecule has 0 radical (unpaired) electrons. The molecule has 0 heterocycles. The molecule has 0 aliphatic rings. The molecular weight excluding hydrogens is 324 g/mol. The summed E-state index contributed by atoms with van der Waals surface area (Å²) in [5.41, 5.74) is 1.21. The second-order valence-electron chi connectivity index (χ2n) is 5.37. The summed E-state index contributed by atoms with van der Waals surface area (Å²) in [6.07, 6.45) is 1.85. The van der Waals surface area contributed by atoms with E-state index in [9.17, 15) is 14.4 Å². The maximum absolute atomic E-state index is 11.0. The Kier molecular flexibility index (Phi) is 9.26. The molecule has 1 aromatic rings. The first-order chi connectivity index (χ1) is 11.6. The summed E-state index contributed by atoms with van der Waals surface area (Å²) in [7, 11) is 0. The zero-order valence-corrected chi connectivity index (χ0v) is 14.2. The first-order valence-electron chi connectivity index (χ1n) is 7.32. The molecule has 25 heavy (non-hydrogen) atoms. The summed E-state index contributed by atoms with van der Waals surface area (Å²) < 4.78 is 0. The standard InChI is InChI=1S/C15H16O4.C4H6O2/c1-10(14(16)17)8-13(11(2)15(18)19)9-12-6-4-3-5-7-12;1-3(2)4(5)6/h3-8,13H,2,9H2,1H3,(H,16,17)(H,18,19);1H2,2H3,(H,5,6). The molecule has 0 saturated carbocycles. The highest BCUT2D eigenvalue weighted by Gasteiger charge is 2.18. The van der Waals surface area contributed by atoms with Crippen molar-refractivity contribution >= 4 is 17.9 Å². The molecule has 134 valence electrons. The minimum atomic E-state index is -1.12.